The van der Waals surface area contributed by atoms with Gasteiger partial charge < -0.3 is 0 Å². The normalized spacial score (nSPS) is 12.8. The highest BCUT2D eigenvalue weighted by atomic mass is 32.3. The van der Waals surface area contributed by atoms with Gasteiger partial charge in [-0.25, -0.2) is 22.4 Å². The summed E-state index contributed by atoms with van der Waals surface area (Å²) in [5.41, 5.74) is 9.98. The number of rotatable bonds is 5. The average molecular weight is 395 g/mol. The maximum atomic E-state index is 13.2. The molecule has 0 aliphatic heterocycles. The Morgan fingerprint density at radius 2 is 1.12 bits per heavy atom. The molecule has 0 aliphatic carbocycles. The minimum atomic E-state index is -4.47. The van der Waals surface area contributed by atoms with Gasteiger partial charge in [-0.3, -0.25) is 0 Å². The van der Waals surface area contributed by atoms with Gasteiger partial charge in [-0.05, 0) is 57.9 Å². The summed E-state index contributed by atoms with van der Waals surface area (Å²) in [5, 5.41) is 3.12. The van der Waals surface area contributed by atoms with Gasteiger partial charge in [0, 0.05) is 0 Å². The SMILES string of the molecule is Cc1ccc(S(=O)(=O)C(C)(N=N)S(=O)(=O)c2ccc(C)cc2C)c(C)c1. The van der Waals surface area contributed by atoms with E-state index >= 15 is 0 Å². The smallest absolute Gasteiger partial charge is 0.220 e. The molecule has 0 fully saturated rings. The Balaban J connectivity index is 2.79. The second-order valence-corrected chi connectivity index (χ2v) is 11.3. The summed E-state index contributed by atoms with van der Waals surface area (Å²) in [6.45, 7) is 7.76. The van der Waals surface area contributed by atoms with Crippen molar-refractivity contribution in [2.24, 2.45) is 5.11 Å². The summed E-state index contributed by atoms with van der Waals surface area (Å²) in [6.07, 6.45) is 0. The van der Waals surface area contributed by atoms with Gasteiger partial charge in [0.15, 0.2) is 0 Å². The fourth-order valence-corrected chi connectivity index (χ4v) is 7.08. The molecule has 6 nitrogen and oxygen atoms in total. The highest BCUT2D eigenvalue weighted by molar-refractivity contribution is 8.10. The van der Waals surface area contributed by atoms with Crippen LogP contribution in [0.3, 0.4) is 0 Å². The van der Waals surface area contributed by atoms with Gasteiger partial charge in [0.1, 0.15) is 0 Å². The van der Waals surface area contributed by atoms with Gasteiger partial charge in [-0.15, -0.1) is 0 Å². The van der Waals surface area contributed by atoms with E-state index in [9.17, 15) is 16.8 Å². The Kier molecular flexibility index (Phi) is 5.13. The summed E-state index contributed by atoms with van der Waals surface area (Å²) in [4.78, 5) is -0.287. The lowest BCUT2D eigenvalue weighted by Gasteiger charge is -2.25. The summed E-state index contributed by atoms with van der Waals surface area (Å²) in [6, 6.07) is 9.21. The summed E-state index contributed by atoms with van der Waals surface area (Å²) >= 11 is 0. The Hall–Kier alpha value is -2.06. The lowest BCUT2D eigenvalue weighted by Crippen LogP contribution is -2.42. The van der Waals surface area contributed by atoms with Crippen molar-refractivity contribution in [1.82, 2.24) is 0 Å². The summed E-state index contributed by atoms with van der Waals surface area (Å²) < 4.78 is 50.2. The van der Waals surface area contributed by atoms with Gasteiger partial charge in [0.2, 0.25) is 19.7 Å². The number of hydrogen-bond acceptors (Lipinski definition) is 6. The van der Waals surface area contributed by atoms with Gasteiger partial charge in [0.25, 0.3) is 4.20 Å². The molecule has 0 spiro atoms. The molecule has 26 heavy (non-hydrogen) atoms. The predicted octanol–water partition coefficient (Wildman–Crippen LogP) is 3.87. The molecule has 1 N–H and O–H groups in total. The van der Waals surface area contributed by atoms with Crippen LogP contribution in [-0.4, -0.2) is 21.0 Å². The van der Waals surface area contributed by atoms with E-state index < -0.39 is 23.9 Å². The minimum Gasteiger partial charge on any atom is -0.220 e. The van der Waals surface area contributed by atoms with E-state index in [0.717, 1.165) is 18.1 Å². The Bertz CT molecular complexity index is 1010. The lowest BCUT2D eigenvalue weighted by atomic mass is 10.2. The number of nitrogens with one attached hydrogen (secondary N) is 1. The van der Waals surface area contributed by atoms with E-state index in [1.54, 1.807) is 38.1 Å². The highest BCUT2D eigenvalue weighted by Crippen LogP contribution is 2.38. The van der Waals surface area contributed by atoms with E-state index in [0.29, 0.717) is 11.1 Å². The molecule has 0 aromatic heterocycles. The number of sulfone groups is 2. The van der Waals surface area contributed by atoms with Crippen LogP contribution in [0, 0.1) is 33.2 Å². The topological polar surface area (TPSA) is 104 Å². The first kappa shape index (κ1) is 20.3. The first-order valence-corrected chi connectivity index (χ1v) is 10.9. The predicted molar refractivity (Wildman–Crippen MR) is 99.8 cm³/mol. The van der Waals surface area contributed by atoms with Crippen molar-refractivity contribution in [2.75, 3.05) is 0 Å². The molecule has 0 atom stereocenters. The molecule has 2 rings (SSSR count). The van der Waals surface area contributed by atoms with Crippen LogP contribution in [0.5, 0.6) is 0 Å². The van der Waals surface area contributed by atoms with Crippen LogP contribution in [0.1, 0.15) is 29.2 Å². The molecular formula is C18H22N2O4S2. The monoisotopic (exact) mass is 394 g/mol. The average Bonchev–Trinajstić information content (AvgIpc) is 2.52. The molecular weight excluding hydrogens is 372 g/mol. The van der Waals surface area contributed by atoms with Gasteiger partial charge >= 0.3 is 0 Å². The molecule has 0 saturated carbocycles. The van der Waals surface area contributed by atoms with Crippen molar-refractivity contribution in [3.63, 3.8) is 0 Å². The molecule has 0 aliphatic rings. The van der Waals surface area contributed by atoms with Crippen molar-refractivity contribution in [3.05, 3.63) is 58.7 Å². The molecule has 0 amide bonds. The largest absolute Gasteiger partial charge is 0.286 e. The first-order valence-electron chi connectivity index (χ1n) is 7.91. The summed E-state index contributed by atoms with van der Waals surface area (Å²) in [7, 11) is -8.95. The number of benzene rings is 2. The van der Waals surface area contributed by atoms with E-state index in [2.05, 4.69) is 5.11 Å². The van der Waals surface area contributed by atoms with Crippen LogP contribution in [0.4, 0.5) is 0 Å². The molecule has 2 aromatic rings. The van der Waals surface area contributed by atoms with E-state index in [4.69, 9.17) is 5.53 Å². The third-order valence-corrected chi connectivity index (χ3v) is 10.0. The fourth-order valence-electron chi connectivity index (χ4n) is 2.87. The zero-order valence-electron chi connectivity index (χ0n) is 15.4. The molecule has 2 aromatic carbocycles. The quantitative estimate of drug-likeness (QED) is 0.777. The van der Waals surface area contributed by atoms with Crippen LogP contribution in [0.15, 0.2) is 51.3 Å². The zero-order chi connectivity index (χ0) is 19.9. The molecule has 0 saturated heterocycles. The maximum absolute atomic E-state index is 13.2. The Labute approximate surface area is 154 Å². The first-order chi connectivity index (χ1) is 11.9. The summed E-state index contributed by atoms with van der Waals surface area (Å²) in [5.74, 6) is 0. The number of nitrogens with zero attached hydrogens (tertiary/aromatic N) is 1. The third-order valence-electron chi connectivity index (χ3n) is 4.44. The van der Waals surface area contributed by atoms with Gasteiger partial charge in [-0.2, -0.15) is 5.11 Å². The Morgan fingerprint density at radius 3 is 1.38 bits per heavy atom. The van der Waals surface area contributed by atoms with Gasteiger partial charge in [0.05, 0.1) is 9.79 Å². The van der Waals surface area contributed by atoms with Crippen LogP contribution in [0.25, 0.3) is 0 Å². The van der Waals surface area contributed by atoms with Crippen molar-refractivity contribution >= 4 is 19.7 Å². The van der Waals surface area contributed by atoms with Crippen LogP contribution < -0.4 is 0 Å². The maximum Gasteiger partial charge on any atom is 0.286 e. The standard InChI is InChI=1S/C18H22N2O4S2/c1-12-6-8-16(14(3)10-12)25(21,22)18(5,20-19)26(23,24)17-9-7-13(2)11-15(17)4/h6-11,19H,1-5H3. The van der Waals surface area contributed by atoms with E-state index in [-0.39, 0.29) is 9.79 Å². The molecule has 0 unspecified atom stereocenters. The highest BCUT2D eigenvalue weighted by Gasteiger charge is 2.54. The molecule has 8 heteroatoms. The molecule has 140 valence electrons. The fraction of sp³-hybridized carbons (Fsp3) is 0.333. The lowest BCUT2D eigenvalue weighted by molar-refractivity contribution is 0.542. The van der Waals surface area contributed by atoms with Crippen molar-refractivity contribution in [3.8, 4) is 0 Å². The Morgan fingerprint density at radius 1 is 0.769 bits per heavy atom. The van der Waals surface area contributed by atoms with E-state index in [1.807, 2.05) is 13.8 Å². The number of hydrogen-bond donors (Lipinski definition) is 1. The van der Waals surface area contributed by atoms with E-state index in [1.165, 1.54) is 12.1 Å². The van der Waals surface area contributed by atoms with Crippen LogP contribution in [0.2, 0.25) is 0 Å². The second kappa shape index (κ2) is 6.59. The zero-order valence-corrected chi connectivity index (χ0v) is 17.0. The van der Waals surface area contributed by atoms with Crippen LogP contribution in [-0.2, 0) is 19.7 Å². The number of aryl methyl sites for hydroxylation is 4. The molecule has 0 heterocycles. The molecule has 0 radical (unpaired) electrons. The van der Waals surface area contributed by atoms with Crippen molar-refractivity contribution in [2.45, 2.75) is 48.6 Å². The second-order valence-electron chi connectivity index (χ2n) is 6.55. The molecule has 0 bridgehead atoms. The third kappa shape index (κ3) is 2.97. The van der Waals surface area contributed by atoms with Crippen molar-refractivity contribution < 1.29 is 16.8 Å². The van der Waals surface area contributed by atoms with Gasteiger partial charge in [-0.1, -0.05) is 35.4 Å². The van der Waals surface area contributed by atoms with Crippen molar-refractivity contribution in [1.29, 1.82) is 5.53 Å². The minimum absolute atomic E-state index is 0.144. The van der Waals surface area contributed by atoms with Crippen LogP contribution >= 0.6 is 0 Å².